The van der Waals surface area contributed by atoms with Crippen LogP contribution in [0.25, 0.3) is 0 Å². The smallest absolute Gasteiger partial charge is 0.334 e. The van der Waals surface area contributed by atoms with Crippen molar-refractivity contribution < 1.29 is 8.85 Å². The summed E-state index contributed by atoms with van der Waals surface area (Å²) in [7, 11) is -1.88. The Labute approximate surface area is 132 Å². The van der Waals surface area contributed by atoms with E-state index in [0.29, 0.717) is 0 Å². The van der Waals surface area contributed by atoms with Crippen LogP contribution in [0.1, 0.15) is 46.0 Å². The zero-order valence-corrected chi connectivity index (χ0v) is 15.5. The van der Waals surface area contributed by atoms with E-state index >= 15 is 0 Å². The van der Waals surface area contributed by atoms with Crippen LogP contribution in [0.3, 0.4) is 0 Å². The minimum Gasteiger partial charge on any atom is -0.395 e. The van der Waals surface area contributed by atoms with E-state index in [9.17, 15) is 0 Å². The van der Waals surface area contributed by atoms with Gasteiger partial charge < -0.3 is 19.1 Å². The molecule has 5 heteroatoms. The summed E-state index contributed by atoms with van der Waals surface area (Å²) in [6.45, 7) is 13.9. The highest BCUT2D eigenvalue weighted by molar-refractivity contribution is 6.66. The summed E-state index contributed by atoms with van der Waals surface area (Å²) >= 11 is 0. The molecule has 0 spiro atoms. The Morgan fingerprint density at radius 1 is 0.952 bits per heavy atom. The summed E-state index contributed by atoms with van der Waals surface area (Å²) in [4.78, 5) is 2.59. The van der Waals surface area contributed by atoms with Crippen molar-refractivity contribution in [1.82, 2.24) is 10.2 Å². The average Bonchev–Trinajstić information content (AvgIpc) is 2.48. The minimum atomic E-state index is -1.88. The SMILES string of the molecule is CCO[Si](C)(CCCCNCCN1CCCCC1)OCC. The minimum absolute atomic E-state index is 0.775. The molecule has 4 nitrogen and oxygen atoms in total. The largest absolute Gasteiger partial charge is 0.395 e. The van der Waals surface area contributed by atoms with Gasteiger partial charge in [0.15, 0.2) is 0 Å². The molecule has 0 atom stereocenters. The maximum Gasteiger partial charge on any atom is 0.334 e. The molecule has 0 aromatic heterocycles. The van der Waals surface area contributed by atoms with Crippen molar-refractivity contribution in [2.24, 2.45) is 0 Å². The van der Waals surface area contributed by atoms with Gasteiger partial charge in [0.25, 0.3) is 0 Å². The van der Waals surface area contributed by atoms with Crippen LogP contribution in [-0.4, -0.2) is 59.4 Å². The van der Waals surface area contributed by atoms with Gasteiger partial charge in [-0.3, -0.25) is 0 Å². The summed E-state index contributed by atoms with van der Waals surface area (Å²) in [5, 5.41) is 3.58. The maximum atomic E-state index is 5.87. The Morgan fingerprint density at radius 2 is 1.62 bits per heavy atom. The van der Waals surface area contributed by atoms with Gasteiger partial charge in [-0.25, -0.2) is 0 Å². The molecule has 1 rings (SSSR count). The predicted octanol–water partition coefficient (Wildman–Crippen LogP) is 2.99. The van der Waals surface area contributed by atoms with Crippen LogP contribution >= 0.6 is 0 Å². The molecule has 1 heterocycles. The van der Waals surface area contributed by atoms with Crippen LogP contribution in [-0.2, 0) is 8.85 Å². The summed E-state index contributed by atoms with van der Waals surface area (Å²) in [6.07, 6.45) is 6.63. The molecule has 21 heavy (non-hydrogen) atoms. The van der Waals surface area contributed by atoms with E-state index in [0.717, 1.165) is 32.3 Å². The molecule has 0 bridgehead atoms. The number of hydrogen-bond acceptors (Lipinski definition) is 4. The Balaban J connectivity index is 1.97. The van der Waals surface area contributed by atoms with E-state index in [4.69, 9.17) is 8.85 Å². The fourth-order valence-electron chi connectivity index (χ4n) is 3.04. The quantitative estimate of drug-likeness (QED) is 0.443. The molecule has 1 aliphatic heterocycles. The third kappa shape index (κ3) is 8.93. The highest BCUT2D eigenvalue weighted by Gasteiger charge is 2.29. The van der Waals surface area contributed by atoms with Gasteiger partial charge in [-0.2, -0.15) is 0 Å². The van der Waals surface area contributed by atoms with Gasteiger partial charge in [0, 0.05) is 26.3 Å². The number of piperidine rings is 1. The zero-order chi connectivity index (χ0) is 15.4. The van der Waals surface area contributed by atoms with Crippen LogP contribution in [0.4, 0.5) is 0 Å². The van der Waals surface area contributed by atoms with Crippen molar-refractivity contribution in [2.45, 2.75) is 58.5 Å². The molecule has 0 aromatic carbocycles. The molecule has 1 saturated heterocycles. The van der Waals surface area contributed by atoms with Crippen LogP contribution < -0.4 is 5.32 Å². The summed E-state index contributed by atoms with van der Waals surface area (Å²) in [5.74, 6) is 0. The first-order valence-corrected chi connectivity index (χ1v) is 11.4. The van der Waals surface area contributed by atoms with Gasteiger partial charge in [-0.15, -0.1) is 0 Å². The second-order valence-electron chi connectivity index (χ2n) is 6.11. The third-order valence-electron chi connectivity index (χ3n) is 4.19. The number of unbranched alkanes of at least 4 members (excludes halogenated alkanes) is 1. The molecule has 126 valence electrons. The molecular formula is C16H36N2O2Si. The standard InChI is InChI=1S/C16H36N2O2Si/c1-4-19-21(3,20-5-2)16-10-7-11-17-12-15-18-13-8-6-9-14-18/h17H,4-16H2,1-3H3. The fraction of sp³-hybridized carbons (Fsp3) is 1.00. The topological polar surface area (TPSA) is 33.7 Å². The molecule has 1 fully saturated rings. The molecular weight excluding hydrogens is 280 g/mol. The summed E-state index contributed by atoms with van der Waals surface area (Å²) in [5.41, 5.74) is 0. The van der Waals surface area contributed by atoms with Crippen molar-refractivity contribution in [1.29, 1.82) is 0 Å². The monoisotopic (exact) mass is 316 g/mol. The molecule has 0 saturated carbocycles. The zero-order valence-electron chi connectivity index (χ0n) is 14.5. The van der Waals surface area contributed by atoms with Gasteiger partial charge in [0.05, 0.1) is 0 Å². The van der Waals surface area contributed by atoms with Crippen molar-refractivity contribution >= 4 is 8.56 Å². The van der Waals surface area contributed by atoms with Gasteiger partial charge in [0.1, 0.15) is 0 Å². The van der Waals surface area contributed by atoms with E-state index in [1.165, 1.54) is 51.7 Å². The first-order chi connectivity index (χ1) is 10.2. The van der Waals surface area contributed by atoms with Crippen LogP contribution in [0.2, 0.25) is 12.6 Å². The molecule has 1 N–H and O–H groups in total. The van der Waals surface area contributed by atoms with Crippen LogP contribution in [0.5, 0.6) is 0 Å². The Hall–Kier alpha value is 0.0569. The molecule has 0 aromatic rings. The molecule has 1 aliphatic rings. The van der Waals surface area contributed by atoms with Gasteiger partial charge in [-0.1, -0.05) is 12.8 Å². The Kier molecular flexibility index (Phi) is 10.6. The van der Waals surface area contributed by atoms with E-state index in [1.807, 2.05) is 0 Å². The first-order valence-electron chi connectivity index (χ1n) is 8.91. The Bertz CT molecular complexity index is 242. The summed E-state index contributed by atoms with van der Waals surface area (Å²) in [6, 6.07) is 1.11. The van der Waals surface area contributed by atoms with E-state index < -0.39 is 8.56 Å². The Morgan fingerprint density at radius 3 is 2.24 bits per heavy atom. The van der Waals surface area contributed by atoms with Crippen LogP contribution in [0, 0.1) is 0 Å². The second kappa shape index (κ2) is 11.6. The normalized spacial score (nSPS) is 17.3. The number of nitrogens with zero attached hydrogens (tertiary/aromatic N) is 1. The maximum absolute atomic E-state index is 5.87. The molecule has 0 unspecified atom stereocenters. The average molecular weight is 317 g/mol. The van der Waals surface area contributed by atoms with Gasteiger partial charge >= 0.3 is 8.56 Å². The predicted molar refractivity (Wildman–Crippen MR) is 92.1 cm³/mol. The number of likely N-dealkylation sites (tertiary alicyclic amines) is 1. The van der Waals surface area contributed by atoms with Crippen molar-refractivity contribution in [3.8, 4) is 0 Å². The number of rotatable bonds is 12. The highest BCUT2D eigenvalue weighted by Crippen LogP contribution is 2.16. The molecule has 0 aliphatic carbocycles. The van der Waals surface area contributed by atoms with E-state index in [-0.39, 0.29) is 0 Å². The van der Waals surface area contributed by atoms with Crippen molar-refractivity contribution in [2.75, 3.05) is 45.9 Å². The second-order valence-corrected chi connectivity index (χ2v) is 9.45. The van der Waals surface area contributed by atoms with Crippen molar-refractivity contribution in [3.63, 3.8) is 0 Å². The molecule has 0 amide bonds. The lowest BCUT2D eigenvalue weighted by Gasteiger charge is -2.26. The van der Waals surface area contributed by atoms with Crippen molar-refractivity contribution in [3.05, 3.63) is 0 Å². The van der Waals surface area contributed by atoms with E-state index in [2.05, 4.69) is 30.6 Å². The lowest BCUT2D eigenvalue weighted by Crippen LogP contribution is -2.39. The number of hydrogen-bond donors (Lipinski definition) is 1. The summed E-state index contributed by atoms with van der Waals surface area (Å²) < 4.78 is 11.7. The highest BCUT2D eigenvalue weighted by atomic mass is 28.4. The number of nitrogens with one attached hydrogen (secondary N) is 1. The van der Waals surface area contributed by atoms with E-state index in [1.54, 1.807) is 0 Å². The van der Waals surface area contributed by atoms with Gasteiger partial charge in [0.2, 0.25) is 0 Å². The lowest BCUT2D eigenvalue weighted by atomic mass is 10.1. The fourth-order valence-corrected chi connectivity index (χ4v) is 5.52. The first kappa shape index (κ1) is 19.1. The van der Waals surface area contributed by atoms with Crippen LogP contribution in [0.15, 0.2) is 0 Å². The van der Waals surface area contributed by atoms with Gasteiger partial charge in [-0.05, 0) is 65.3 Å². The molecule has 0 radical (unpaired) electrons. The lowest BCUT2D eigenvalue weighted by molar-refractivity contribution is 0.188. The third-order valence-corrected chi connectivity index (χ3v) is 7.25.